The van der Waals surface area contributed by atoms with Crippen molar-refractivity contribution in [3.63, 3.8) is 0 Å². The van der Waals surface area contributed by atoms with E-state index in [1.807, 2.05) is 27.0 Å². The first kappa shape index (κ1) is 28.5. The summed E-state index contributed by atoms with van der Waals surface area (Å²) in [5.74, 6) is 0.196. The van der Waals surface area contributed by atoms with E-state index in [0.717, 1.165) is 6.42 Å². The van der Waals surface area contributed by atoms with Gasteiger partial charge in [0, 0.05) is 14.4 Å². The molecule has 0 saturated heterocycles. The van der Waals surface area contributed by atoms with Crippen LogP contribution in [0.15, 0.2) is 0 Å². The summed E-state index contributed by atoms with van der Waals surface area (Å²) in [6, 6.07) is 0. The van der Waals surface area contributed by atoms with Gasteiger partial charge in [-0.1, -0.05) is 20.8 Å². The van der Waals surface area contributed by atoms with E-state index in [2.05, 4.69) is 5.32 Å². The number of carbonyl (C=O) groups excluding carboxylic acids is 2. The fourth-order valence-electron chi connectivity index (χ4n) is 1.80. The minimum atomic E-state index is 0. The SMILES string of the molecule is CC.CCC(SC)C(=O)NCCOCCOCCOCCOCCC(C)=O.[HH]. The molecular formula is C19H41NO6S. The second kappa shape index (κ2) is 23.4. The first-order valence-corrected chi connectivity index (χ1v) is 11.0. The lowest BCUT2D eigenvalue weighted by Gasteiger charge is -2.12. The molecule has 164 valence electrons. The largest absolute Gasteiger partial charge is 0.379 e. The molecule has 0 heterocycles. The van der Waals surface area contributed by atoms with E-state index in [-0.39, 0.29) is 18.4 Å². The Kier molecular flexibility index (Phi) is 24.7. The molecule has 0 aliphatic heterocycles. The van der Waals surface area contributed by atoms with E-state index < -0.39 is 0 Å². The Hall–Kier alpha value is -0.670. The van der Waals surface area contributed by atoms with Gasteiger partial charge in [-0.3, -0.25) is 9.59 Å². The lowest BCUT2D eigenvalue weighted by Crippen LogP contribution is -2.34. The van der Waals surface area contributed by atoms with E-state index in [1.54, 1.807) is 18.7 Å². The highest BCUT2D eigenvalue weighted by Gasteiger charge is 2.13. The molecule has 0 rings (SSSR count). The van der Waals surface area contributed by atoms with Gasteiger partial charge in [0.1, 0.15) is 5.78 Å². The monoisotopic (exact) mass is 411 g/mol. The fraction of sp³-hybridized carbons (Fsp3) is 0.895. The van der Waals surface area contributed by atoms with Gasteiger partial charge in [0.2, 0.25) is 5.91 Å². The number of ketones is 1. The van der Waals surface area contributed by atoms with E-state index in [0.29, 0.717) is 65.8 Å². The Bertz CT molecular complexity index is 346. The molecule has 0 saturated carbocycles. The average Bonchev–Trinajstić information content (AvgIpc) is 2.67. The molecule has 0 spiro atoms. The van der Waals surface area contributed by atoms with Crippen LogP contribution >= 0.6 is 11.8 Å². The number of rotatable bonds is 18. The van der Waals surface area contributed by atoms with Gasteiger partial charge in [-0.2, -0.15) is 11.8 Å². The van der Waals surface area contributed by atoms with Crippen LogP contribution in [0.1, 0.15) is 42.0 Å². The topological polar surface area (TPSA) is 83.1 Å². The summed E-state index contributed by atoms with van der Waals surface area (Å²) in [4.78, 5) is 22.4. The lowest BCUT2D eigenvalue weighted by atomic mass is 10.3. The number of nitrogens with one attached hydrogen (secondary N) is 1. The van der Waals surface area contributed by atoms with Crippen molar-refractivity contribution in [1.29, 1.82) is 0 Å². The summed E-state index contributed by atoms with van der Waals surface area (Å²) < 4.78 is 21.3. The van der Waals surface area contributed by atoms with Crippen LogP contribution in [0.2, 0.25) is 0 Å². The van der Waals surface area contributed by atoms with E-state index in [9.17, 15) is 9.59 Å². The van der Waals surface area contributed by atoms with Crippen LogP contribution in [-0.4, -0.2) is 82.6 Å². The van der Waals surface area contributed by atoms with E-state index in [4.69, 9.17) is 18.9 Å². The smallest absolute Gasteiger partial charge is 0.233 e. The van der Waals surface area contributed by atoms with Crippen LogP contribution in [0.25, 0.3) is 0 Å². The van der Waals surface area contributed by atoms with Gasteiger partial charge in [0.05, 0.1) is 58.1 Å². The summed E-state index contributed by atoms with van der Waals surface area (Å²) in [5.41, 5.74) is 0. The van der Waals surface area contributed by atoms with Crippen LogP contribution < -0.4 is 5.32 Å². The Morgan fingerprint density at radius 3 is 1.74 bits per heavy atom. The molecule has 1 N–H and O–H groups in total. The quantitative estimate of drug-likeness (QED) is 0.347. The highest BCUT2D eigenvalue weighted by atomic mass is 32.2. The molecule has 0 fully saturated rings. The molecule has 0 aromatic carbocycles. The van der Waals surface area contributed by atoms with Crippen molar-refractivity contribution in [2.75, 3.05) is 65.7 Å². The maximum absolute atomic E-state index is 11.7. The first-order chi connectivity index (χ1) is 13.1. The third-order valence-corrected chi connectivity index (χ3v) is 4.32. The molecule has 0 aliphatic carbocycles. The normalized spacial score (nSPS) is 11.4. The number of ether oxygens (including phenoxy) is 4. The van der Waals surface area contributed by atoms with Crippen LogP contribution in [0, 0.1) is 0 Å². The summed E-state index contributed by atoms with van der Waals surface area (Å²) >= 11 is 1.56. The number of amides is 1. The van der Waals surface area contributed by atoms with Gasteiger partial charge in [-0.25, -0.2) is 0 Å². The number of Topliss-reactive ketones (excluding diaryl/α,β-unsaturated/α-hetero) is 1. The van der Waals surface area contributed by atoms with Crippen molar-refractivity contribution in [3.05, 3.63) is 0 Å². The number of thioether (sulfide) groups is 1. The van der Waals surface area contributed by atoms with Crippen molar-refractivity contribution in [2.24, 2.45) is 0 Å². The highest BCUT2D eigenvalue weighted by molar-refractivity contribution is 7.99. The summed E-state index contributed by atoms with van der Waals surface area (Å²) in [6.45, 7) is 11.9. The zero-order valence-corrected chi connectivity index (χ0v) is 18.5. The average molecular weight is 412 g/mol. The molecule has 27 heavy (non-hydrogen) atoms. The first-order valence-electron chi connectivity index (χ1n) is 9.72. The molecule has 0 radical (unpaired) electrons. The molecule has 0 aliphatic rings. The minimum Gasteiger partial charge on any atom is -0.379 e. The van der Waals surface area contributed by atoms with Gasteiger partial charge < -0.3 is 24.3 Å². The van der Waals surface area contributed by atoms with Crippen LogP contribution in [0.4, 0.5) is 0 Å². The maximum Gasteiger partial charge on any atom is 0.233 e. The number of hydrogen-bond acceptors (Lipinski definition) is 7. The van der Waals surface area contributed by atoms with Crippen molar-refractivity contribution in [3.8, 4) is 0 Å². The van der Waals surface area contributed by atoms with Crippen molar-refractivity contribution >= 4 is 23.5 Å². The molecular weight excluding hydrogens is 370 g/mol. The molecule has 8 heteroatoms. The molecule has 1 atom stereocenters. The molecule has 1 amide bonds. The predicted molar refractivity (Wildman–Crippen MR) is 113 cm³/mol. The van der Waals surface area contributed by atoms with Gasteiger partial charge >= 0.3 is 0 Å². The second-order valence-electron chi connectivity index (χ2n) is 5.33. The van der Waals surface area contributed by atoms with Crippen molar-refractivity contribution in [1.82, 2.24) is 5.32 Å². The summed E-state index contributed by atoms with van der Waals surface area (Å²) in [6.07, 6.45) is 3.21. The zero-order valence-electron chi connectivity index (χ0n) is 17.7. The molecule has 7 nitrogen and oxygen atoms in total. The van der Waals surface area contributed by atoms with Crippen molar-refractivity contribution in [2.45, 2.75) is 45.8 Å². The Labute approximate surface area is 170 Å². The maximum atomic E-state index is 11.7. The van der Waals surface area contributed by atoms with Crippen molar-refractivity contribution < 1.29 is 30.0 Å². The van der Waals surface area contributed by atoms with Crippen LogP contribution in [-0.2, 0) is 28.5 Å². The Balaban J connectivity index is -0.00000201. The van der Waals surface area contributed by atoms with Gasteiger partial charge in [0.25, 0.3) is 0 Å². The molecule has 0 aromatic heterocycles. The third kappa shape index (κ3) is 21.5. The van der Waals surface area contributed by atoms with Gasteiger partial charge in [0.15, 0.2) is 0 Å². The number of hydrogen-bond donors (Lipinski definition) is 1. The zero-order chi connectivity index (χ0) is 20.8. The standard InChI is InChI=1S/C17H33NO6S.C2H6.H2/c1-4-16(25-3)17(20)18-6-8-22-10-12-24-14-13-23-11-9-21-7-5-15(2)19;1-2;/h16H,4-14H2,1-3H3,(H,18,20);1-2H3;1H. The molecule has 0 aromatic rings. The minimum absolute atomic E-state index is 0. The Morgan fingerprint density at radius 1 is 0.889 bits per heavy atom. The second-order valence-corrected chi connectivity index (χ2v) is 6.37. The fourth-order valence-corrected chi connectivity index (χ4v) is 2.43. The Morgan fingerprint density at radius 2 is 1.33 bits per heavy atom. The molecule has 1 unspecified atom stereocenters. The highest BCUT2D eigenvalue weighted by Crippen LogP contribution is 2.09. The van der Waals surface area contributed by atoms with Crippen LogP contribution in [0.3, 0.4) is 0 Å². The van der Waals surface area contributed by atoms with Gasteiger partial charge in [-0.05, 0) is 19.6 Å². The van der Waals surface area contributed by atoms with E-state index in [1.165, 1.54) is 0 Å². The van der Waals surface area contributed by atoms with E-state index >= 15 is 0 Å². The van der Waals surface area contributed by atoms with Crippen LogP contribution in [0.5, 0.6) is 0 Å². The third-order valence-electron chi connectivity index (χ3n) is 3.21. The predicted octanol–water partition coefficient (Wildman–Crippen LogP) is 2.56. The lowest BCUT2D eigenvalue weighted by molar-refractivity contribution is -0.121. The van der Waals surface area contributed by atoms with Gasteiger partial charge in [-0.15, -0.1) is 0 Å². The summed E-state index contributed by atoms with van der Waals surface area (Å²) in [7, 11) is 0. The summed E-state index contributed by atoms with van der Waals surface area (Å²) in [5, 5.41) is 2.87. The number of carbonyl (C=O) groups is 2. The molecule has 0 bridgehead atoms.